The topological polar surface area (TPSA) is 59.0 Å². The summed E-state index contributed by atoms with van der Waals surface area (Å²) in [5, 5.41) is 3.16. The second-order valence-electron chi connectivity index (χ2n) is 5.09. The number of carbonyl (C=O) groups is 1. The average Bonchev–Trinajstić information content (AvgIpc) is 3.17. The van der Waals surface area contributed by atoms with Crippen molar-refractivity contribution in [1.29, 1.82) is 0 Å². The summed E-state index contributed by atoms with van der Waals surface area (Å²) in [7, 11) is 0. The molecule has 5 heteroatoms. The van der Waals surface area contributed by atoms with Crippen molar-refractivity contribution >= 4 is 11.7 Å². The van der Waals surface area contributed by atoms with Crippen molar-refractivity contribution < 1.29 is 13.8 Å². The lowest BCUT2D eigenvalue weighted by molar-refractivity contribution is -0.552. The summed E-state index contributed by atoms with van der Waals surface area (Å²) in [6.45, 7) is 0. The van der Waals surface area contributed by atoms with E-state index < -0.39 is 0 Å². The van der Waals surface area contributed by atoms with E-state index in [1.54, 1.807) is 23.0 Å². The smallest absolute Gasteiger partial charge is 0.359 e. The van der Waals surface area contributed by atoms with Crippen molar-refractivity contribution in [1.82, 2.24) is 4.98 Å². The molecule has 3 aromatic rings. The number of benzene rings is 1. The maximum absolute atomic E-state index is 12.5. The molecule has 0 amide bonds. The fourth-order valence-electron chi connectivity index (χ4n) is 2.55. The molecule has 1 atom stereocenters. The molecule has 106 valence electrons. The van der Waals surface area contributed by atoms with Gasteiger partial charge in [-0.3, -0.25) is 5.32 Å². The molecule has 1 N–H and O–H groups in total. The van der Waals surface area contributed by atoms with E-state index in [-0.39, 0.29) is 11.9 Å². The third kappa shape index (κ3) is 2.11. The molecule has 0 bridgehead atoms. The Labute approximate surface area is 127 Å². The first-order valence-electron chi connectivity index (χ1n) is 6.95. The quantitative estimate of drug-likeness (QED) is 0.749. The zero-order valence-corrected chi connectivity index (χ0v) is 11.6. The van der Waals surface area contributed by atoms with Gasteiger partial charge in [0, 0.05) is 11.6 Å². The molecule has 22 heavy (non-hydrogen) atoms. The SMILES string of the molecule is O=C1C(Cc2cc#co2)Nc2cnc(-c3ccccc3)c[n+]21. The van der Waals surface area contributed by atoms with Crippen LogP contribution in [0.5, 0.6) is 0 Å². The maximum atomic E-state index is 12.5. The normalized spacial score (nSPS) is 16.0. The molecule has 1 unspecified atom stereocenters. The fraction of sp³-hybridized carbons (Fsp3) is 0.118. The highest BCUT2D eigenvalue weighted by atomic mass is 16.3. The summed E-state index contributed by atoms with van der Waals surface area (Å²) in [4.78, 5) is 16.9. The van der Waals surface area contributed by atoms with Gasteiger partial charge in [0.1, 0.15) is 30.1 Å². The summed E-state index contributed by atoms with van der Waals surface area (Å²) in [6.07, 6.45) is 6.42. The second kappa shape index (κ2) is 5.01. The van der Waals surface area contributed by atoms with Gasteiger partial charge >= 0.3 is 11.7 Å². The lowest BCUT2D eigenvalue weighted by Gasteiger charge is -1.99. The predicted octanol–water partition coefficient (Wildman–Crippen LogP) is 1.91. The van der Waals surface area contributed by atoms with Gasteiger partial charge in [-0.25, -0.2) is 9.78 Å². The van der Waals surface area contributed by atoms with Crippen molar-refractivity contribution in [3.8, 4) is 11.3 Å². The monoisotopic (exact) mass is 290 g/mol. The van der Waals surface area contributed by atoms with Gasteiger partial charge in [0.2, 0.25) is 6.04 Å². The van der Waals surface area contributed by atoms with Gasteiger partial charge in [-0.15, -0.1) is 0 Å². The lowest BCUT2D eigenvalue weighted by atomic mass is 10.1. The number of nitrogens with zero attached hydrogens (tertiary/aromatic N) is 2. The van der Waals surface area contributed by atoms with Gasteiger partial charge < -0.3 is 4.42 Å². The van der Waals surface area contributed by atoms with Gasteiger partial charge in [-0.2, -0.15) is 4.57 Å². The molecule has 0 saturated carbocycles. The Balaban J connectivity index is 1.64. The van der Waals surface area contributed by atoms with Gasteiger partial charge in [0.15, 0.2) is 0 Å². The van der Waals surface area contributed by atoms with E-state index in [4.69, 9.17) is 4.42 Å². The molecule has 0 radical (unpaired) electrons. The van der Waals surface area contributed by atoms with Crippen LogP contribution in [-0.4, -0.2) is 16.9 Å². The largest absolute Gasteiger partial charge is 0.411 e. The molecule has 1 aliphatic rings. The Bertz CT molecular complexity index is 813. The van der Waals surface area contributed by atoms with Crippen LogP contribution in [0, 0.1) is 12.3 Å². The van der Waals surface area contributed by atoms with Gasteiger partial charge in [-0.1, -0.05) is 30.3 Å². The van der Waals surface area contributed by atoms with E-state index in [2.05, 4.69) is 22.6 Å². The van der Waals surface area contributed by atoms with Crippen LogP contribution in [0.3, 0.4) is 0 Å². The third-order valence-electron chi connectivity index (χ3n) is 3.64. The minimum Gasteiger partial charge on any atom is -0.411 e. The van der Waals surface area contributed by atoms with Crippen molar-refractivity contribution in [2.24, 2.45) is 0 Å². The van der Waals surface area contributed by atoms with E-state index in [0.29, 0.717) is 18.0 Å². The van der Waals surface area contributed by atoms with E-state index in [1.807, 2.05) is 30.3 Å². The lowest BCUT2D eigenvalue weighted by Crippen LogP contribution is -2.43. The van der Waals surface area contributed by atoms with Crippen LogP contribution in [0.25, 0.3) is 11.3 Å². The molecule has 5 nitrogen and oxygen atoms in total. The van der Waals surface area contributed by atoms with Crippen molar-refractivity contribution in [3.05, 3.63) is 66.9 Å². The average molecular weight is 290 g/mol. The van der Waals surface area contributed by atoms with Crippen LogP contribution in [0.4, 0.5) is 5.82 Å². The molecular weight excluding hydrogens is 278 g/mol. The minimum atomic E-state index is -0.360. The van der Waals surface area contributed by atoms with Crippen LogP contribution in [-0.2, 0) is 6.42 Å². The zero-order chi connectivity index (χ0) is 14.9. The second-order valence-corrected chi connectivity index (χ2v) is 5.09. The van der Waals surface area contributed by atoms with Crippen molar-refractivity contribution in [2.45, 2.75) is 12.5 Å². The number of carbonyl (C=O) groups excluding carboxylic acids is 1. The molecule has 1 aromatic carbocycles. The Morgan fingerprint density at radius 2 is 2.18 bits per heavy atom. The highest BCUT2D eigenvalue weighted by molar-refractivity contribution is 5.81. The summed E-state index contributed by atoms with van der Waals surface area (Å²) in [6, 6.07) is 13.8. The van der Waals surface area contributed by atoms with Crippen LogP contribution in [0.2, 0.25) is 0 Å². The molecule has 0 fully saturated rings. The van der Waals surface area contributed by atoms with Crippen LogP contribution >= 0.6 is 0 Å². The summed E-state index contributed by atoms with van der Waals surface area (Å²) >= 11 is 0. The number of nitrogens with one attached hydrogen (secondary N) is 1. The molecule has 0 aliphatic carbocycles. The molecule has 1 aliphatic heterocycles. The van der Waals surface area contributed by atoms with E-state index >= 15 is 0 Å². The fourth-order valence-corrected chi connectivity index (χ4v) is 2.55. The number of hydrogen-bond acceptors (Lipinski definition) is 4. The summed E-state index contributed by atoms with van der Waals surface area (Å²) < 4.78 is 6.75. The first-order valence-corrected chi connectivity index (χ1v) is 6.95. The first-order chi connectivity index (χ1) is 10.8. The Hall–Kier alpha value is -3.13. The Morgan fingerprint density at radius 1 is 1.32 bits per heavy atom. The van der Waals surface area contributed by atoms with Crippen LogP contribution in [0.1, 0.15) is 10.6 Å². The third-order valence-corrected chi connectivity index (χ3v) is 3.64. The Morgan fingerprint density at radius 3 is 2.95 bits per heavy atom. The standard InChI is InChI=1S/C17H11N3O2/c21-17-14(9-13-7-4-8-22-13)19-16-10-18-15(11-20(16)17)12-5-2-1-3-6-12/h1-3,5-7,10-11,14H,9H2/p+1. The molecule has 4 rings (SSSR count). The number of aromatic nitrogens is 2. The zero-order valence-electron chi connectivity index (χ0n) is 11.6. The summed E-state index contributed by atoms with van der Waals surface area (Å²) in [5.74, 6) is 1.34. The molecule has 0 spiro atoms. The number of hydrogen-bond donors (Lipinski definition) is 1. The van der Waals surface area contributed by atoms with Crippen LogP contribution in [0.15, 0.2) is 53.2 Å². The van der Waals surface area contributed by atoms with E-state index in [9.17, 15) is 4.79 Å². The van der Waals surface area contributed by atoms with Gasteiger partial charge in [0.05, 0.1) is 6.42 Å². The number of rotatable bonds is 3. The highest BCUT2D eigenvalue weighted by Gasteiger charge is 2.39. The van der Waals surface area contributed by atoms with Gasteiger partial charge in [-0.05, 0) is 6.07 Å². The highest BCUT2D eigenvalue weighted by Crippen LogP contribution is 2.18. The predicted molar refractivity (Wildman–Crippen MR) is 78.0 cm³/mol. The van der Waals surface area contributed by atoms with Crippen LogP contribution < -0.4 is 9.88 Å². The number of fused-ring (bicyclic) bond motifs is 1. The Kier molecular flexibility index (Phi) is 2.87. The molecule has 2 aromatic heterocycles. The molecule has 0 saturated heterocycles. The maximum Gasteiger partial charge on any atom is 0.359 e. The van der Waals surface area contributed by atoms with E-state index in [0.717, 1.165) is 11.3 Å². The van der Waals surface area contributed by atoms with Gasteiger partial charge in [0.25, 0.3) is 0 Å². The first kappa shape index (κ1) is 12.6. The number of anilines is 1. The van der Waals surface area contributed by atoms with Crippen molar-refractivity contribution in [2.75, 3.05) is 5.32 Å². The summed E-state index contributed by atoms with van der Waals surface area (Å²) in [5.41, 5.74) is 1.74. The van der Waals surface area contributed by atoms with E-state index in [1.165, 1.54) is 0 Å². The van der Waals surface area contributed by atoms with Crippen molar-refractivity contribution in [3.63, 3.8) is 0 Å². The molecular formula is C17H12N3O2+. The molecule has 3 heterocycles. The minimum absolute atomic E-state index is 0.0222.